The van der Waals surface area contributed by atoms with Crippen molar-refractivity contribution in [2.24, 2.45) is 0 Å². The Bertz CT molecular complexity index is 925. The lowest BCUT2D eigenvalue weighted by Crippen LogP contribution is -2.30. The van der Waals surface area contributed by atoms with Crippen LogP contribution in [0.1, 0.15) is 31.2 Å². The van der Waals surface area contributed by atoms with Crippen LogP contribution in [0.15, 0.2) is 67.1 Å². The number of aromatic nitrogens is 3. The summed E-state index contributed by atoms with van der Waals surface area (Å²) >= 11 is 0. The van der Waals surface area contributed by atoms with E-state index in [4.69, 9.17) is 5.10 Å². The normalized spacial score (nSPS) is 14.7. The maximum Gasteiger partial charge on any atom is 0.244 e. The predicted molar refractivity (Wildman–Crippen MR) is 106 cm³/mol. The molecule has 1 aliphatic rings. The van der Waals surface area contributed by atoms with Crippen molar-refractivity contribution in [2.75, 3.05) is 0 Å². The third-order valence-corrected chi connectivity index (χ3v) is 4.81. The fourth-order valence-corrected chi connectivity index (χ4v) is 3.43. The molecule has 3 aromatic rings. The molecule has 5 heteroatoms. The first-order valence-corrected chi connectivity index (χ1v) is 9.34. The fraction of sp³-hybridized carbons (Fsp3) is 0.227. The van der Waals surface area contributed by atoms with Crippen LogP contribution in [0.4, 0.5) is 0 Å². The van der Waals surface area contributed by atoms with Crippen LogP contribution in [-0.4, -0.2) is 26.7 Å². The number of nitrogens with one attached hydrogen (secondary N) is 1. The van der Waals surface area contributed by atoms with Crippen LogP contribution in [0.5, 0.6) is 0 Å². The summed E-state index contributed by atoms with van der Waals surface area (Å²) in [6.07, 6.45) is 13.4. The number of pyridine rings is 1. The zero-order valence-electron chi connectivity index (χ0n) is 15.1. The second kappa shape index (κ2) is 7.99. The average Bonchev–Trinajstić information content (AvgIpc) is 3.37. The Morgan fingerprint density at radius 2 is 1.93 bits per heavy atom. The maximum atomic E-state index is 12.3. The Balaban J connectivity index is 1.62. The molecule has 136 valence electrons. The van der Waals surface area contributed by atoms with E-state index in [0.29, 0.717) is 6.04 Å². The lowest BCUT2D eigenvalue weighted by atomic mass is 10.1. The molecule has 5 nitrogen and oxygen atoms in total. The van der Waals surface area contributed by atoms with Gasteiger partial charge in [-0.05, 0) is 43.2 Å². The molecule has 1 aromatic carbocycles. The number of benzene rings is 1. The number of carbonyl (C=O) groups is 1. The van der Waals surface area contributed by atoms with Crippen LogP contribution in [0.2, 0.25) is 0 Å². The monoisotopic (exact) mass is 358 g/mol. The highest BCUT2D eigenvalue weighted by Crippen LogP contribution is 2.24. The van der Waals surface area contributed by atoms with Crippen LogP contribution in [0, 0.1) is 0 Å². The molecule has 1 saturated carbocycles. The molecule has 4 rings (SSSR count). The van der Waals surface area contributed by atoms with Crippen molar-refractivity contribution >= 4 is 12.0 Å². The molecule has 0 bridgehead atoms. The van der Waals surface area contributed by atoms with E-state index in [1.807, 2.05) is 59.4 Å². The van der Waals surface area contributed by atoms with E-state index in [9.17, 15) is 4.79 Å². The van der Waals surface area contributed by atoms with Crippen molar-refractivity contribution in [3.05, 3.63) is 72.7 Å². The molecule has 0 radical (unpaired) electrons. The minimum atomic E-state index is -0.0495. The van der Waals surface area contributed by atoms with E-state index in [1.54, 1.807) is 18.5 Å². The van der Waals surface area contributed by atoms with Gasteiger partial charge in [-0.2, -0.15) is 5.10 Å². The van der Waals surface area contributed by atoms with Gasteiger partial charge in [0.25, 0.3) is 0 Å². The Morgan fingerprint density at radius 3 is 2.67 bits per heavy atom. The van der Waals surface area contributed by atoms with Gasteiger partial charge in [0.1, 0.15) is 5.69 Å². The summed E-state index contributed by atoms with van der Waals surface area (Å²) in [5.41, 5.74) is 3.58. The molecule has 0 saturated heterocycles. The topological polar surface area (TPSA) is 59.8 Å². The molecule has 0 aliphatic heterocycles. The number of hydrogen-bond donors (Lipinski definition) is 1. The first kappa shape index (κ1) is 17.2. The highest BCUT2D eigenvalue weighted by Gasteiger charge is 2.16. The van der Waals surface area contributed by atoms with Gasteiger partial charge in [-0.1, -0.05) is 31.0 Å². The van der Waals surface area contributed by atoms with E-state index in [1.165, 1.54) is 12.8 Å². The van der Waals surface area contributed by atoms with Gasteiger partial charge < -0.3 is 5.32 Å². The summed E-state index contributed by atoms with van der Waals surface area (Å²) in [6, 6.07) is 14.1. The smallest absolute Gasteiger partial charge is 0.244 e. The van der Waals surface area contributed by atoms with E-state index in [0.717, 1.165) is 35.3 Å². The third kappa shape index (κ3) is 4.14. The lowest BCUT2D eigenvalue weighted by Gasteiger charge is -2.08. The Morgan fingerprint density at radius 1 is 1.11 bits per heavy atom. The van der Waals surface area contributed by atoms with E-state index in [2.05, 4.69) is 10.3 Å². The minimum Gasteiger partial charge on any atom is -0.350 e. The minimum absolute atomic E-state index is 0.0495. The molecule has 2 aromatic heterocycles. The van der Waals surface area contributed by atoms with E-state index >= 15 is 0 Å². The highest BCUT2D eigenvalue weighted by molar-refractivity contribution is 5.93. The second-order valence-corrected chi connectivity index (χ2v) is 6.78. The van der Waals surface area contributed by atoms with Crippen molar-refractivity contribution in [1.29, 1.82) is 0 Å². The van der Waals surface area contributed by atoms with E-state index in [-0.39, 0.29) is 5.91 Å². The molecule has 2 heterocycles. The number of rotatable bonds is 5. The molecule has 0 atom stereocenters. The number of para-hydroxylation sites is 1. The molecular weight excluding hydrogens is 336 g/mol. The van der Waals surface area contributed by atoms with Crippen LogP contribution >= 0.6 is 0 Å². The number of hydrogen-bond acceptors (Lipinski definition) is 3. The summed E-state index contributed by atoms with van der Waals surface area (Å²) in [4.78, 5) is 16.5. The van der Waals surface area contributed by atoms with Crippen molar-refractivity contribution in [3.8, 4) is 16.9 Å². The lowest BCUT2D eigenvalue weighted by molar-refractivity contribution is -0.117. The van der Waals surface area contributed by atoms with Crippen molar-refractivity contribution < 1.29 is 4.79 Å². The summed E-state index contributed by atoms with van der Waals surface area (Å²) in [5, 5.41) is 7.81. The Kier molecular flexibility index (Phi) is 5.10. The SMILES string of the molecule is O=C(/C=C/c1cn(-c2ccccc2)nc1-c1cccnc1)NC1CCCC1. The molecule has 27 heavy (non-hydrogen) atoms. The maximum absolute atomic E-state index is 12.3. The number of nitrogens with zero attached hydrogens (tertiary/aromatic N) is 3. The van der Waals surface area contributed by atoms with Gasteiger partial charge in [-0.15, -0.1) is 0 Å². The summed E-state index contributed by atoms with van der Waals surface area (Å²) in [6.45, 7) is 0. The zero-order valence-corrected chi connectivity index (χ0v) is 15.1. The first-order chi connectivity index (χ1) is 13.3. The molecule has 1 fully saturated rings. The van der Waals surface area contributed by atoms with Gasteiger partial charge in [0, 0.05) is 41.8 Å². The summed E-state index contributed by atoms with van der Waals surface area (Å²) in [7, 11) is 0. The van der Waals surface area contributed by atoms with Gasteiger partial charge in [-0.25, -0.2) is 4.68 Å². The van der Waals surface area contributed by atoms with Gasteiger partial charge in [0.2, 0.25) is 5.91 Å². The van der Waals surface area contributed by atoms with Crippen molar-refractivity contribution in [3.63, 3.8) is 0 Å². The fourth-order valence-electron chi connectivity index (χ4n) is 3.43. The molecule has 1 amide bonds. The molecule has 0 spiro atoms. The van der Waals surface area contributed by atoms with Gasteiger partial charge in [-0.3, -0.25) is 9.78 Å². The molecule has 1 aliphatic carbocycles. The second-order valence-electron chi connectivity index (χ2n) is 6.78. The highest BCUT2D eigenvalue weighted by atomic mass is 16.1. The standard InChI is InChI=1S/C22H22N4O/c27-21(24-19-8-4-5-9-19)13-12-18-16-26(20-10-2-1-3-11-20)25-22(18)17-7-6-14-23-15-17/h1-3,6-7,10-16,19H,4-5,8-9H2,(H,24,27)/b13-12+. The molecule has 0 unspecified atom stereocenters. The van der Waals surface area contributed by atoms with Crippen LogP contribution in [-0.2, 0) is 4.79 Å². The number of carbonyl (C=O) groups excluding carboxylic acids is 1. The van der Waals surface area contributed by atoms with Gasteiger partial charge in [0.15, 0.2) is 0 Å². The van der Waals surface area contributed by atoms with Gasteiger partial charge >= 0.3 is 0 Å². The Hall–Kier alpha value is -3.21. The van der Waals surface area contributed by atoms with Crippen molar-refractivity contribution in [1.82, 2.24) is 20.1 Å². The van der Waals surface area contributed by atoms with Crippen LogP contribution < -0.4 is 5.32 Å². The van der Waals surface area contributed by atoms with Crippen molar-refractivity contribution in [2.45, 2.75) is 31.7 Å². The zero-order chi connectivity index (χ0) is 18.5. The largest absolute Gasteiger partial charge is 0.350 e. The molecule has 1 N–H and O–H groups in total. The van der Waals surface area contributed by atoms with E-state index < -0.39 is 0 Å². The third-order valence-electron chi connectivity index (χ3n) is 4.81. The average molecular weight is 358 g/mol. The quantitative estimate of drug-likeness (QED) is 0.701. The Labute approximate surface area is 158 Å². The van der Waals surface area contributed by atoms with Gasteiger partial charge in [0.05, 0.1) is 5.69 Å². The first-order valence-electron chi connectivity index (χ1n) is 9.34. The summed E-state index contributed by atoms with van der Waals surface area (Å²) in [5.74, 6) is -0.0495. The predicted octanol–water partition coefficient (Wildman–Crippen LogP) is 4.01. The number of amides is 1. The van der Waals surface area contributed by atoms with Crippen LogP contribution in [0.3, 0.4) is 0 Å². The summed E-state index contributed by atoms with van der Waals surface area (Å²) < 4.78 is 1.83. The van der Waals surface area contributed by atoms with Crippen LogP contribution in [0.25, 0.3) is 23.0 Å². The molecular formula is C22H22N4O.